The van der Waals surface area contributed by atoms with E-state index < -0.39 is 5.54 Å². The van der Waals surface area contributed by atoms with Crippen molar-refractivity contribution in [1.29, 1.82) is 0 Å². The molecule has 12 heavy (non-hydrogen) atoms. The number of hydrogen-bond donors (Lipinski definition) is 1. The molecule has 1 rings (SSSR count). The van der Waals surface area contributed by atoms with Gasteiger partial charge in [0, 0.05) is 0 Å². The van der Waals surface area contributed by atoms with E-state index in [-0.39, 0.29) is 18.4 Å². The van der Waals surface area contributed by atoms with Crippen LogP contribution >= 0.6 is 24.2 Å². The lowest BCUT2D eigenvalue weighted by Gasteiger charge is -2.29. The number of rotatable bonds is 1. The predicted molar refractivity (Wildman–Crippen MR) is 52.7 cm³/mol. The molecule has 72 valence electrons. The van der Waals surface area contributed by atoms with Gasteiger partial charge in [0.05, 0.1) is 7.11 Å². The smallest absolute Gasteiger partial charge is 0.325 e. The van der Waals surface area contributed by atoms with Crippen molar-refractivity contribution in [3.8, 4) is 0 Å². The molecule has 0 aromatic rings. The Balaban J connectivity index is 0.00000121. The molecule has 0 aliphatic carbocycles. The maximum Gasteiger partial charge on any atom is 0.325 e. The summed E-state index contributed by atoms with van der Waals surface area (Å²) in [4.78, 5) is 11.1. The van der Waals surface area contributed by atoms with Crippen molar-refractivity contribution in [2.75, 3.05) is 18.6 Å². The van der Waals surface area contributed by atoms with Gasteiger partial charge < -0.3 is 10.5 Å². The standard InChI is InChI=1S/C7H13NO2S.ClH/c1-10-6(9)7(8)2-4-11-5-3-7;/h2-5,8H2,1H3;1H. The maximum absolute atomic E-state index is 11.1. The van der Waals surface area contributed by atoms with Crippen molar-refractivity contribution >= 4 is 30.1 Å². The summed E-state index contributed by atoms with van der Waals surface area (Å²) in [7, 11) is 1.39. The lowest BCUT2D eigenvalue weighted by Crippen LogP contribution is -2.51. The predicted octanol–water partition coefficient (Wildman–Crippen LogP) is 0.806. The summed E-state index contributed by atoms with van der Waals surface area (Å²) < 4.78 is 4.62. The Morgan fingerprint density at radius 1 is 1.50 bits per heavy atom. The molecule has 5 heteroatoms. The normalized spacial score (nSPS) is 20.8. The van der Waals surface area contributed by atoms with E-state index in [4.69, 9.17) is 5.73 Å². The van der Waals surface area contributed by atoms with Gasteiger partial charge in [0.25, 0.3) is 0 Å². The minimum absolute atomic E-state index is 0. The van der Waals surface area contributed by atoms with Gasteiger partial charge in [0.1, 0.15) is 5.54 Å². The fourth-order valence-corrected chi connectivity index (χ4v) is 2.36. The van der Waals surface area contributed by atoms with Gasteiger partial charge in [0.15, 0.2) is 0 Å². The quantitative estimate of drug-likeness (QED) is 0.653. The Bertz CT molecular complexity index is 159. The first-order valence-electron chi connectivity index (χ1n) is 3.64. The Kier molecular flexibility index (Phi) is 4.97. The molecule has 0 aromatic carbocycles. The van der Waals surface area contributed by atoms with Crippen LogP contribution in [0.25, 0.3) is 0 Å². The van der Waals surface area contributed by atoms with Crippen LogP contribution in [0, 0.1) is 0 Å². The van der Waals surface area contributed by atoms with Crippen molar-refractivity contribution in [1.82, 2.24) is 0 Å². The summed E-state index contributed by atoms with van der Waals surface area (Å²) in [5, 5.41) is 0. The molecule has 1 aliphatic rings. The second-order valence-corrected chi connectivity index (χ2v) is 3.98. The van der Waals surface area contributed by atoms with E-state index in [1.165, 1.54) is 7.11 Å². The summed E-state index contributed by atoms with van der Waals surface area (Å²) in [6.45, 7) is 0. The molecule has 0 bridgehead atoms. The van der Waals surface area contributed by atoms with E-state index in [1.54, 1.807) is 0 Å². The fraction of sp³-hybridized carbons (Fsp3) is 0.857. The van der Waals surface area contributed by atoms with Gasteiger partial charge >= 0.3 is 5.97 Å². The second-order valence-electron chi connectivity index (χ2n) is 2.76. The minimum Gasteiger partial charge on any atom is -0.468 e. The highest BCUT2D eigenvalue weighted by Crippen LogP contribution is 2.25. The Morgan fingerprint density at radius 2 is 2.00 bits per heavy atom. The number of carbonyl (C=O) groups excluding carboxylic acids is 1. The van der Waals surface area contributed by atoms with Crippen LogP contribution in [0.5, 0.6) is 0 Å². The molecular weight excluding hydrogens is 198 g/mol. The first kappa shape index (κ1) is 12.1. The number of halogens is 1. The largest absolute Gasteiger partial charge is 0.468 e. The summed E-state index contributed by atoms with van der Waals surface area (Å²) in [6.07, 6.45) is 1.48. The van der Waals surface area contributed by atoms with E-state index in [1.807, 2.05) is 11.8 Å². The molecule has 3 nitrogen and oxygen atoms in total. The van der Waals surface area contributed by atoms with Crippen molar-refractivity contribution < 1.29 is 9.53 Å². The van der Waals surface area contributed by atoms with Crippen molar-refractivity contribution in [2.45, 2.75) is 18.4 Å². The maximum atomic E-state index is 11.1. The summed E-state index contributed by atoms with van der Waals surface area (Å²) in [6, 6.07) is 0. The first-order valence-corrected chi connectivity index (χ1v) is 4.79. The van der Waals surface area contributed by atoms with Crippen LogP contribution in [0.3, 0.4) is 0 Å². The number of esters is 1. The Hall–Kier alpha value is 0.0700. The lowest BCUT2D eigenvalue weighted by atomic mass is 9.94. The average molecular weight is 212 g/mol. The van der Waals surface area contributed by atoms with Crippen LogP contribution in [-0.4, -0.2) is 30.1 Å². The zero-order valence-electron chi connectivity index (χ0n) is 7.04. The number of nitrogens with two attached hydrogens (primary N) is 1. The highest BCUT2D eigenvalue weighted by molar-refractivity contribution is 7.99. The zero-order chi connectivity index (χ0) is 8.32. The molecule has 0 radical (unpaired) electrons. The molecule has 0 spiro atoms. The second kappa shape index (κ2) is 4.94. The van der Waals surface area contributed by atoms with Gasteiger partial charge in [0.2, 0.25) is 0 Å². The minimum atomic E-state index is -0.694. The molecule has 1 fully saturated rings. The van der Waals surface area contributed by atoms with Gasteiger partial charge in [-0.2, -0.15) is 11.8 Å². The van der Waals surface area contributed by atoms with E-state index in [9.17, 15) is 4.79 Å². The van der Waals surface area contributed by atoms with Gasteiger partial charge in [-0.15, -0.1) is 12.4 Å². The molecule has 0 atom stereocenters. The van der Waals surface area contributed by atoms with Crippen LogP contribution < -0.4 is 5.73 Å². The molecule has 1 saturated heterocycles. The highest BCUT2D eigenvalue weighted by atomic mass is 35.5. The van der Waals surface area contributed by atoms with E-state index in [0.29, 0.717) is 0 Å². The molecule has 1 aliphatic heterocycles. The van der Waals surface area contributed by atoms with E-state index >= 15 is 0 Å². The topological polar surface area (TPSA) is 52.3 Å². The van der Waals surface area contributed by atoms with Crippen molar-refractivity contribution in [3.05, 3.63) is 0 Å². The van der Waals surface area contributed by atoms with Gasteiger partial charge in [-0.1, -0.05) is 0 Å². The molecule has 0 saturated carbocycles. The van der Waals surface area contributed by atoms with E-state index in [2.05, 4.69) is 4.74 Å². The number of ether oxygens (including phenoxy) is 1. The van der Waals surface area contributed by atoms with Crippen LogP contribution in [-0.2, 0) is 9.53 Å². The third kappa shape index (κ3) is 2.54. The molecule has 1 heterocycles. The van der Waals surface area contributed by atoms with E-state index in [0.717, 1.165) is 24.3 Å². The van der Waals surface area contributed by atoms with Crippen molar-refractivity contribution in [2.24, 2.45) is 5.73 Å². The monoisotopic (exact) mass is 211 g/mol. The third-order valence-corrected chi connectivity index (χ3v) is 2.96. The number of carbonyl (C=O) groups is 1. The number of hydrogen-bond acceptors (Lipinski definition) is 4. The van der Waals surface area contributed by atoms with Gasteiger partial charge in [-0.05, 0) is 24.3 Å². The van der Waals surface area contributed by atoms with Crippen LogP contribution in [0.1, 0.15) is 12.8 Å². The third-order valence-electron chi connectivity index (χ3n) is 1.98. The molecule has 0 unspecified atom stereocenters. The highest BCUT2D eigenvalue weighted by Gasteiger charge is 2.36. The zero-order valence-corrected chi connectivity index (χ0v) is 8.67. The van der Waals surface area contributed by atoms with Gasteiger partial charge in [-0.3, -0.25) is 4.79 Å². The summed E-state index contributed by atoms with van der Waals surface area (Å²) >= 11 is 1.84. The summed E-state index contributed by atoms with van der Waals surface area (Å²) in [5.41, 5.74) is 5.13. The first-order chi connectivity index (χ1) is 5.19. The summed E-state index contributed by atoms with van der Waals surface area (Å²) in [5.74, 6) is 1.66. The molecular formula is C7H14ClNO2S. The lowest BCUT2D eigenvalue weighted by molar-refractivity contribution is -0.147. The number of methoxy groups -OCH3 is 1. The Labute approximate surface area is 82.8 Å². The molecule has 0 amide bonds. The molecule has 0 aromatic heterocycles. The van der Waals surface area contributed by atoms with Crippen molar-refractivity contribution in [3.63, 3.8) is 0 Å². The van der Waals surface area contributed by atoms with Gasteiger partial charge in [-0.25, -0.2) is 0 Å². The SMILES string of the molecule is COC(=O)C1(N)CCSCC1.Cl. The Morgan fingerprint density at radius 3 is 2.42 bits per heavy atom. The number of thioether (sulfide) groups is 1. The van der Waals surface area contributed by atoms with Crippen LogP contribution in [0.4, 0.5) is 0 Å². The average Bonchev–Trinajstić information content (AvgIpc) is 2.04. The van der Waals surface area contributed by atoms with Crippen LogP contribution in [0.2, 0.25) is 0 Å². The fourth-order valence-electron chi connectivity index (χ4n) is 1.14. The van der Waals surface area contributed by atoms with Crippen LogP contribution in [0.15, 0.2) is 0 Å². The molecule has 2 N–H and O–H groups in total.